The SMILES string of the molecule is Cc1cc(N)nc(SCC(=O)c2cc(C)n(Cc3ccc4c(c3)OCO4)c2C)n1.Cc1ccc(C(=O)C(C)Sc2nnnn2-c2ccc(O)cc2)cc1.Cc1ccc(OCc2nc(CSc3nc(N)cc(N)n3)cs2)cc1. The first-order valence-corrected chi connectivity index (χ1v) is 27.6. The molecule has 0 saturated heterocycles. The Hall–Kier alpha value is -7.99. The van der Waals surface area contributed by atoms with Gasteiger partial charge >= 0.3 is 0 Å². The number of Topliss-reactive ketones (excluding diaryl/α,β-unsaturated/α-hetero) is 2. The number of carbonyl (C=O) groups excluding carboxylic acids is 2. The van der Waals surface area contributed by atoms with Gasteiger partial charge in [-0.2, -0.15) is 4.68 Å². The number of hydrogen-bond acceptors (Lipinski definition) is 21. The minimum Gasteiger partial charge on any atom is -0.508 e. The van der Waals surface area contributed by atoms with Crippen LogP contribution in [-0.2, 0) is 18.9 Å². The third-order valence-corrected chi connectivity index (χ3v) is 15.1. The summed E-state index contributed by atoms with van der Waals surface area (Å²) in [5, 5.41) is 25.2. The molecule has 0 radical (unpaired) electrons. The number of aromatic hydroxyl groups is 1. The number of anilines is 3. The van der Waals surface area contributed by atoms with E-state index in [2.05, 4.69) is 45.0 Å². The molecule has 0 amide bonds. The van der Waals surface area contributed by atoms with E-state index in [4.69, 9.17) is 31.4 Å². The Bertz CT molecular complexity index is 3440. The van der Waals surface area contributed by atoms with Crippen molar-refractivity contribution in [1.82, 2.24) is 49.7 Å². The van der Waals surface area contributed by atoms with Crippen molar-refractivity contribution in [3.63, 3.8) is 0 Å². The maximum atomic E-state index is 12.8. The lowest BCUT2D eigenvalue weighted by atomic mass is 10.1. The van der Waals surface area contributed by atoms with E-state index in [-0.39, 0.29) is 35.1 Å². The fourth-order valence-corrected chi connectivity index (χ4v) is 10.7. The molecule has 0 aliphatic carbocycles. The van der Waals surface area contributed by atoms with Gasteiger partial charge in [-0.05, 0) is 112 Å². The van der Waals surface area contributed by atoms with Gasteiger partial charge in [-0.3, -0.25) is 9.59 Å². The molecule has 0 fully saturated rings. The van der Waals surface area contributed by atoms with Gasteiger partial charge in [0.05, 0.1) is 22.4 Å². The number of aryl methyl sites for hydroxylation is 4. The number of rotatable bonds is 17. The van der Waals surface area contributed by atoms with Crippen LogP contribution in [0.15, 0.2) is 130 Å². The minimum atomic E-state index is -0.324. The van der Waals surface area contributed by atoms with Crippen molar-refractivity contribution in [2.45, 2.75) is 81.2 Å². The Balaban J connectivity index is 0.000000154. The number of ketones is 2. The molecule has 4 aromatic carbocycles. The van der Waals surface area contributed by atoms with Crippen molar-refractivity contribution in [1.29, 1.82) is 0 Å². The number of phenolic OH excluding ortho intramolecular Hbond substituents is 1. The summed E-state index contributed by atoms with van der Waals surface area (Å²) in [6, 6.07) is 33.1. The average Bonchev–Trinajstić information content (AvgIpc) is 4.24. The zero-order valence-corrected chi connectivity index (χ0v) is 46.2. The Morgan fingerprint density at radius 3 is 2.13 bits per heavy atom. The maximum Gasteiger partial charge on any atom is 0.231 e. The zero-order chi connectivity index (χ0) is 54.6. The Labute approximate surface area is 461 Å². The van der Waals surface area contributed by atoms with Crippen molar-refractivity contribution in [2.24, 2.45) is 0 Å². The van der Waals surface area contributed by atoms with Crippen LogP contribution in [0.4, 0.5) is 17.5 Å². The molecule has 23 heteroatoms. The van der Waals surface area contributed by atoms with Crippen molar-refractivity contribution in [3.8, 4) is 28.7 Å². The van der Waals surface area contributed by atoms with Crippen LogP contribution < -0.4 is 31.4 Å². The number of nitrogen functional groups attached to an aromatic ring is 3. The van der Waals surface area contributed by atoms with E-state index in [1.165, 1.54) is 46.9 Å². The van der Waals surface area contributed by atoms with E-state index in [9.17, 15) is 14.7 Å². The smallest absolute Gasteiger partial charge is 0.231 e. The highest BCUT2D eigenvalue weighted by atomic mass is 32.2. The second-order valence-corrected chi connectivity index (χ2v) is 21.6. The molecule has 1 unspecified atom stereocenters. The molecule has 77 heavy (non-hydrogen) atoms. The number of thiazole rings is 1. The average molecular weight is 1110 g/mol. The minimum absolute atomic E-state index is 0.0280. The predicted molar refractivity (Wildman–Crippen MR) is 301 cm³/mol. The first kappa shape index (κ1) is 55.2. The van der Waals surface area contributed by atoms with Gasteiger partial charge < -0.3 is 41.1 Å². The summed E-state index contributed by atoms with van der Waals surface area (Å²) >= 11 is 5.63. The van der Waals surface area contributed by atoms with Crippen molar-refractivity contribution < 1.29 is 28.9 Å². The summed E-state index contributed by atoms with van der Waals surface area (Å²) in [4.78, 5) is 46.7. The first-order chi connectivity index (χ1) is 37.0. The highest BCUT2D eigenvalue weighted by Gasteiger charge is 2.22. The molecule has 1 atom stereocenters. The van der Waals surface area contributed by atoms with E-state index >= 15 is 0 Å². The molecule has 6 heterocycles. The highest BCUT2D eigenvalue weighted by molar-refractivity contribution is 8.00. The normalized spacial score (nSPS) is 11.8. The molecule has 0 saturated carbocycles. The molecule has 19 nitrogen and oxygen atoms in total. The van der Waals surface area contributed by atoms with Crippen molar-refractivity contribution in [2.75, 3.05) is 29.7 Å². The van der Waals surface area contributed by atoms with E-state index in [0.717, 1.165) is 67.4 Å². The maximum absolute atomic E-state index is 12.8. The van der Waals surface area contributed by atoms with Gasteiger partial charge in [0, 0.05) is 58.0 Å². The lowest BCUT2D eigenvalue weighted by Crippen LogP contribution is -2.14. The summed E-state index contributed by atoms with van der Waals surface area (Å²) in [6.07, 6.45) is 0. The summed E-state index contributed by atoms with van der Waals surface area (Å²) in [6.45, 7) is 13.1. The number of phenols is 1. The molecule has 0 bridgehead atoms. The molecule has 396 valence electrons. The van der Waals surface area contributed by atoms with Crippen LogP contribution >= 0.6 is 46.6 Å². The molecule has 5 aromatic heterocycles. The van der Waals surface area contributed by atoms with Crippen LogP contribution in [0, 0.1) is 34.6 Å². The summed E-state index contributed by atoms with van der Waals surface area (Å²) in [5.41, 5.74) is 26.3. The number of thioether (sulfide) groups is 3. The summed E-state index contributed by atoms with van der Waals surface area (Å²) < 4.78 is 20.3. The molecule has 7 N–H and O–H groups in total. The number of hydrogen-bond donors (Lipinski definition) is 4. The van der Waals surface area contributed by atoms with Crippen LogP contribution in [0.1, 0.15) is 72.1 Å². The van der Waals surface area contributed by atoms with Gasteiger partial charge in [-0.25, -0.2) is 24.9 Å². The van der Waals surface area contributed by atoms with Gasteiger partial charge in [-0.1, -0.05) is 88.9 Å². The number of carbonyl (C=O) groups is 2. The fourth-order valence-electron chi connectivity index (χ4n) is 7.48. The monoisotopic (exact) mass is 1110 g/mol. The Morgan fingerprint density at radius 2 is 1.43 bits per heavy atom. The third kappa shape index (κ3) is 15.3. The van der Waals surface area contributed by atoms with E-state index < -0.39 is 0 Å². The van der Waals surface area contributed by atoms with Crippen LogP contribution in [0.3, 0.4) is 0 Å². The van der Waals surface area contributed by atoms with Gasteiger partial charge in [0.25, 0.3) is 0 Å². The number of nitrogens with zero attached hydrogens (tertiary/aromatic N) is 10. The number of fused-ring (bicyclic) bond motifs is 1. The summed E-state index contributed by atoms with van der Waals surface area (Å²) in [5.74, 6) is 4.68. The van der Waals surface area contributed by atoms with Crippen LogP contribution in [-0.4, -0.2) is 84.2 Å². The second-order valence-electron chi connectivity index (χ2n) is 17.5. The van der Waals surface area contributed by atoms with Crippen LogP contribution in [0.5, 0.6) is 23.0 Å². The highest BCUT2D eigenvalue weighted by Crippen LogP contribution is 2.34. The molecular formula is C54H55N13O6S4. The Morgan fingerprint density at radius 1 is 0.766 bits per heavy atom. The molecule has 1 aliphatic heterocycles. The lowest BCUT2D eigenvalue weighted by Gasteiger charge is -2.10. The number of nitrogens with two attached hydrogens (primary N) is 3. The molecular weight excluding hydrogens is 1050 g/mol. The van der Waals surface area contributed by atoms with Crippen molar-refractivity contribution >= 4 is 75.6 Å². The largest absolute Gasteiger partial charge is 0.508 e. The van der Waals surface area contributed by atoms with Gasteiger partial charge in [0.1, 0.15) is 40.6 Å². The molecule has 1 aliphatic rings. The van der Waals surface area contributed by atoms with Gasteiger partial charge in [0.2, 0.25) is 11.9 Å². The third-order valence-electron chi connectivity index (χ3n) is 11.4. The molecule has 0 spiro atoms. The molecule has 10 rings (SSSR count). The van der Waals surface area contributed by atoms with Gasteiger partial charge in [-0.15, -0.1) is 16.4 Å². The van der Waals surface area contributed by atoms with Crippen LogP contribution in [0.25, 0.3) is 5.69 Å². The number of ether oxygens (including phenoxy) is 3. The molecule has 9 aromatic rings. The van der Waals surface area contributed by atoms with Crippen LogP contribution in [0.2, 0.25) is 0 Å². The zero-order valence-electron chi connectivity index (χ0n) is 42.9. The first-order valence-electron chi connectivity index (χ1n) is 23.9. The fraction of sp³-hybridized carbons (Fsp3) is 0.222. The number of tetrazole rings is 1. The standard InChI is InChI=1S/C21H22N4O3S.C17H16N4O2S.C16H17N5OS2/c1-12-6-20(22)24-21(23-12)29-10-17(26)16-7-13(2)25(14(16)3)9-15-4-5-18-19(8-15)28-11-27-18;1-11-3-5-13(6-4-11)16(23)12(2)24-17-18-19-20-21(17)14-7-9-15(22)10-8-14;1-10-2-4-12(5-3-10)22-7-15-19-11(8-23-15)9-24-16-20-13(17)6-14(18)21-16/h4-8H,9-11H2,1-3H3,(H2,22,23,24);3-10,12,22H,1-2H3;2-6,8H,7,9H2,1H3,(H4,17,18,20,21). The summed E-state index contributed by atoms with van der Waals surface area (Å²) in [7, 11) is 0. The topological polar surface area (TPSA) is 273 Å². The predicted octanol–water partition coefficient (Wildman–Crippen LogP) is 9.85. The quantitative estimate of drug-likeness (QED) is 0.0375. The number of benzene rings is 4. The van der Waals surface area contributed by atoms with E-state index in [0.29, 0.717) is 57.4 Å². The Kier molecular flexibility index (Phi) is 18.4. The lowest BCUT2D eigenvalue weighted by molar-refractivity contribution is 0.0991. The number of aromatic nitrogens is 10. The van der Waals surface area contributed by atoms with Gasteiger partial charge in [0.15, 0.2) is 33.4 Å². The van der Waals surface area contributed by atoms with E-state index in [1.807, 2.05) is 120 Å². The van der Waals surface area contributed by atoms with E-state index in [1.54, 1.807) is 46.4 Å². The second kappa shape index (κ2) is 25.7. The van der Waals surface area contributed by atoms with Crippen molar-refractivity contribution in [3.05, 3.63) is 170 Å².